The first kappa shape index (κ1) is 53.8. The number of aromatic nitrogens is 8. The molecule has 77 heavy (non-hydrogen) atoms. The number of benzene rings is 1. The third-order valence-corrected chi connectivity index (χ3v) is 18.2. The lowest BCUT2D eigenvalue weighted by molar-refractivity contribution is -0.142. The fraction of sp³-hybridized carbons (Fsp3) is 0.556. The van der Waals surface area contributed by atoms with Gasteiger partial charge in [0, 0.05) is 66.4 Å². The maximum Gasteiger partial charge on any atom is 0.253 e. The van der Waals surface area contributed by atoms with Gasteiger partial charge >= 0.3 is 0 Å². The van der Waals surface area contributed by atoms with Crippen LogP contribution in [-0.4, -0.2) is 129 Å². The Kier molecular flexibility index (Phi) is 15.6. The summed E-state index contributed by atoms with van der Waals surface area (Å²) in [4.78, 5) is 54.8. The first-order chi connectivity index (χ1) is 37.0. The molecule has 2 saturated heterocycles. The number of aliphatic hydroxyl groups is 1. The summed E-state index contributed by atoms with van der Waals surface area (Å²) in [6, 6.07) is 4.17. The Labute approximate surface area is 454 Å². The number of hydrogen-bond acceptors (Lipinski definition) is 19. The number of amides is 2. The van der Waals surface area contributed by atoms with E-state index in [1.165, 1.54) is 44.4 Å². The zero-order valence-corrected chi connectivity index (χ0v) is 46.0. The van der Waals surface area contributed by atoms with E-state index < -0.39 is 47.3 Å². The van der Waals surface area contributed by atoms with Gasteiger partial charge in [-0.3, -0.25) is 9.59 Å². The lowest BCUT2D eigenvalue weighted by Gasteiger charge is -2.33. The number of anilines is 2. The molecular formula is C54H67FN14O6S2. The Bertz CT molecular complexity index is 3140. The number of aryl methyl sites for hydroxylation is 2. The molecule has 7 heterocycles. The highest BCUT2D eigenvalue weighted by Crippen LogP contribution is 2.49. The molecule has 20 nitrogen and oxygen atoms in total. The summed E-state index contributed by atoms with van der Waals surface area (Å²) in [6.45, 7) is 15.6. The molecule has 2 amide bonds. The monoisotopic (exact) mass is 1090 g/mol. The number of β-amino-alcohol motifs (C(OH)–C–C–N with tert-alkyl or cyclic N) is 1. The average Bonchev–Trinajstić information content (AvgIpc) is 4.29. The number of halogens is 1. The van der Waals surface area contributed by atoms with Crippen molar-refractivity contribution in [1.82, 2.24) is 55.2 Å². The number of carbonyl (C=O) groups is 2. The predicted molar refractivity (Wildman–Crippen MR) is 287 cm³/mol. The van der Waals surface area contributed by atoms with Crippen LogP contribution in [0.15, 0.2) is 40.6 Å². The number of nitriles is 1. The number of likely N-dealkylation sites (tertiary alicyclic amines) is 1. The number of nitrogens with zero attached hydrogens (tertiary/aromatic N) is 12. The fourth-order valence-electron chi connectivity index (χ4n) is 12.0. The molecule has 0 spiro atoms. The maximum absolute atomic E-state index is 15.4. The molecule has 1 aromatic carbocycles. The van der Waals surface area contributed by atoms with Crippen molar-refractivity contribution in [3.8, 4) is 39.7 Å². The van der Waals surface area contributed by atoms with Gasteiger partial charge in [-0.05, 0) is 122 Å². The molecule has 6 atom stereocenters. The second-order valence-electron chi connectivity index (χ2n) is 22.0. The topological polar surface area (TPSA) is 264 Å². The normalized spacial score (nSPS) is 23.8. The number of phenolic OH excluding ortho intramolecular Hbond substituents is 1. The highest BCUT2D eigenvalue weighted by molar-refractivity contribution is 7.16. The molecular weight excluding hydrogens is 1020 g/mol. The lowest BCUT2D eigenvalue weighted by Crippen LogP contribution is -2.49. The molecule has 5 aromatic heterocycles. The van der Waals surface area contributed by atoms with Gasteiger partial charge < -0.3 is 45.2 Å². The lowest BCUT2D eigenvalue weighted by atomic mass is 9.72. The van der Waals surface area contributed by atoms with Gasteiger partial charge in [0.15, 0.2) is 0 Å². The average molecular weight is 1090 g/mol. The van der Waals surface area contributed by atoms with Gasteiger partial charge in [0.05, 0.1) is 52.0 Å². The van der Waals surface area contributed by atoms with Gasteiger partial charge in [-0.25, -0.2) is 24.0 Å². The summed E-state index contributed by atoms with van der Waals surface area (Å²) in [5, 5.41) is 48.0. The zero-order chi connectivity index (χ0) is 54.3. The van der Waals surface area contributed by atoms with Crippen molar-refractivity contribution in [3.05, 3.63) is 75.1 Å². The van der Waals surface area contributed by atoms with Crippen molar-refractivity contribution < 1.29 is 33.5 Å². The fourth-order valence-corrected chi connectivity index (χ4v) is 14.0. The molecule has 10 rings (SSSR count). The van der Waals surface area contributed by atoms with E-state index >= 15 is 4.39 Å². The van der Waals surface area contributed by atoms with E-state index in [1.807, 2.05) is 13.8 Å². The SMILES string of the molecule is Cc1ncsc1-c1cc(O)c([C@H](C)NC(=O)[C@@H]2C[C@@H](O)CN2C(=O)[C@H](C(C)C)n2cc(OCC3CCC(CN4CCCN(c5nccc(-c6noc([C@@]7(C)CCCc8sc(N)c(C#N)c87)n6)n5)[C@@H](C)C4)CC3)nn2)cc1F. The van der Waals surface area contributed by atoms with Crippen LogP contribution >= 0.6 is 22.7 Å². The van der Waals surface area contributed by atoms with E-state index in [4.69, 9.17) is 29.9 Å². The summed E-state index contributed by atoms with van der Waals surface area (Å²) < 4.78 is 29.0. The van der Waals surface area contributed by atoms with Gasteiger partial charge in [-0.2, -0.15) is 10.2 Å². The third kappa shape index (κ3) is 11.0. The second-order valence-corrected chi connectivity index (χ2v) is 24.0. The Morgan fingerprint density at radius 3 is 2.65 bits per heavy atom. The van der Waals surface area contributed by atoms with Crippen molar-refractivity contribution >= 4 is 45.4 Å². The first-order valence-electron chi connectivity index (χ1n) is 26.7. The number of fused-ring (bicyclic) bond motifs is 1. The molecule has 0 unspecified atom stereocenters. The van der Waals surface area contributed by atoms with E-state index in [0.29, 0.717) is 68.8 Å². The number of thiazole rings is 1. The number of thiophene rings is 1. The summed E-state index contributed by atoms with van der Waals surface area (Å²) >= 11 is 2.74. The van der Waals surface area contributed by atoms with Crippen LogP contribution in [0.4, 0.5) is 15.3 Å². The summed E-state index contributed by atoms with van der Waals surface area (Å²) in [5.74, 6) is 0.758. The molecule has 23 heteroatoms. The van der Waals surface area contributed by atoms with Crippen LogP contribution in [0.2, 0.25) is 0 Å². The molecule has 5 N–H and O–H groups in total. The minimum Gasteiger partial charge on any atom is -0.508 e. The number of nitrogens with two attached hydrogens (primary N) is 1. The minimum atomic E-state index is -1.01. The van der Waals surface area contributed by atoms with Gasteiger partial charge in [0.2, 0.25) is 29.5 Å². The number of phenols is 1. The standard InChI is InChI=1S/C54H67FN14O6S2/c1-29(2)46(51(73)68-25-35(70)19-41(68)50(72)60-31(4)36-20-39(55)37(21-42(36)71)47-32(5)59-28-76-47)69-26-44(63-65-69)74-27-34-12-10-33(11-13-34)24-66-17-8-18-67(30(3)23-66)53-58-16-14-40(61-53)49-62-52(75-64-49)54(6)15-7-9-43-45(54)38(22-56)48(57)77-43/h14,16,20-21,26,28-31,33-35,41,46,70-71H,7-13,15,17-19,23-25,27,57H2,1-6H3,(H,60,72)/t30-,31-,33?,34?,35+,41-,46-,54-/m0/s1. The van der Waals surface area contributed by atoms with E-state index in [2.05, 4.69) is 55.5 Å². The van der Waals surface area contributed by atoms with Crippen LogP contribution in [0, 0.1) is 41.8 Å². The molecule has 1 saturated carbocycles. The molecule has 0 radical (unpaired) electrons. The Morgan fingerprint density at radius 1 is 1.10 bits per heavy atom. The van der Waals surface area contributed by atoms with Crippen molar-refractivity contribution in [2.24, 2.45) is 17.8 Å². The number of hydrogen-bond donors (Lipinski definition) is 4. The largest absolute Gasteiger partial charge is 0.508 e. The van der Waals surface area contributed by atoms with E-state index in [1.54, 1.807) is 37.8 Å². The molecule has 0 bridgehead atoms. The molecule has 2 aliphatic carbocycles. The van der Waals surface area contributed by atoms with Crippen LogP contribution in [0.3, 0.4) is 0 Å². The highest BCUT2D eigenvalue weighted by Gasteiger charge is 2.45. The molecule has 4 aliphatic rings. The summed E-state index contributed by atoms with van der Waals surface area (Å²) in [7, 11) is 0. The van der Waals surface area contributed by atoms with Crippen LogP contribution in [-0.2, 0) is 21.4 Å². The number of aromatic hydroxyl groups is 1. The van der Waals surface area contributed by atoms with Gasteiger partial charge in [0.1, 0.15) is 40.4 Å². The molecule has 6 aromatic rings. The van der Waals surface area contributed by atoms with Gasteiger partial charge in [-0.1, -0.05) is 29.3 Å². The number of carbonyl (C=O) groups excluding carboxylic acids is 2. The highest BCUT2D eigenvalue weighted by atomic mass is 32.1. The van der Waals surface area contributed by atoms with Crippen molar-refractivity contribution in [2.75, 3.05) is 50.0 Å². The molecule has 408 valence electrons. The number of aliphatic hydroxyl groups excluding tert-OH is 1. The quantitative estimate of drug-likeness (QED) is 0.0782. The molecule has 2 aliphatic heterocycles. The third-order valence-electron chi connectivity index (χ3n) is 16.1. The number of nitrogens with one attached hydrogen (secondary N) is 1. The summed E-state index contributed by atoms with van der Waals surface area (Å²) in [5.41, 5.74) is 10.3. The Morgan fingerprint density at radius 2 is 1.90 bits per heavy atom. The van der Waals surface area contributed by atoms with E-state index in [0.717, 1.165) is 88.0 Å². The second kappa shape index (κ2) is 22.4. The minimum absolute atomic E-state index is 0.0153. The van der Waals surface area contributed by atoms with Crippen LogP contribution < -0.4 is 20.7 Å². The molecule has 3 fully saturated rings. The van der Waals surface area contributed by atoms with Crippen molar-refractivity contribution in [2.45, 2.75) is 135 Å². The van der Waals surface area contributed by atoms with Gasteiger partial charge in [0.25, 0.3) is 5.88 Å². The zero-order valence-electron chi connectivity index (χ0n) is 44.4. The van der Waals surface area contributed by atoms with Crippen LogP contribution in [0.25, 0.3) is 22.0 Å². The first-order valence-corrected chi connectivity index (χ1v) is 28.4. The van der Waals surface area contributed by atoms with Crippen LogP contribution in [0.1, 0.15) is 131 Å². The number of nitrogen functional groups attached to an aromatic ring is 1. The Hall–Kier alpha value is -6.61. The van der Waals surface area contributed by atoms with Crippen molar-refractivity contribution in [3.63, 3.8) is 0 Å². The van der Waals surface area contributed by atoms with Crippen LogP contribution in [0.5, 0.6) is 11.6 Å². The van der Waals surface area contributed by atoms with Gasteiger partial charge in [-0.15, -0.1) is 22.7 Å². The van der Waals surface area contributed by atoms with E-state index in [-0.39, 0.29) is 41.8 Å². The van der Waals surface area contributed by atoms with E-state index in [9.17, 15) is 25.1 Å². The summed E-state index contributed by atoms with van der Waals surface area (Å²) in [6.07, 6.45) is 10.2. The van der Waals surface area contributed by atoms with Crippen molar-refractivity contribution in [1.29, 1.82) is 5.26 Å². The number of rotatable bonds is 15. The Balaban J connectivity index is 0.698. The number of ether oxygens (including phenoxy) is 1. The predicted octanol–water partition coefficient (Wildman–Crippen LogP) is 7.37. The maximum atomic E-state index is 15.4. The smallest absolute Gasteiger partial charge is 0.253 e.